The Labute approximate surface area is 141 Å². The van der Waals surface area contributed by atoms with Crippen LogP contribution in [0.1, 0.15) is 30.8 Å². The van der Waals surface area contributed by atoms with E-state index in [9.17, 15) is 8.78 Å². The summed E-state index contributed by atoms with van der Waals surface area (Å²) in [6.07, 6.45) is -0.953. The average molecular weight is 340 g/mol. The highest BCUT2D eigenvalue weighted by Crippen LogP contribution is 2.27. The number of aromatic nitrogens is 4. The molecule has 0 radical (unpaired) electrons. The lowest BCUT2D eigenvalue weighted by atomic mass is 10.1. The highest BCUT2D eigenvalue weighted by Gasteiger charge is 2.17. The Balaban J connectivity index is 1.63. The van der Waals surface area contributed by atoms with Crippen molar-refractivity contribution in [1.82, 2.24) is 19.7 Å². The second-order valence-electron chi connectivity index (χ2n) is 5.68. The van der Waals surface area contributed by atoms with E-state index in [2.05, 4.69) is 26.7 Å². The number of hydrogen-bond donors (Lipinski definition) is 0. The maximum Gasteiger partial charge on any atom is 0.314 e. The van der Waals surface area contributed by atoms with Crippen LogP contribution in [0.15, 0.2) is 59.3 Å². The molecular formula is C18H14F2N4O. The Bertz CT molecular complexity index is 1010. The summed E-state index contributed by atoms with van der Waals surface area (Å²) in [6, 6.07) is 15.4. The van der Waals surface area contributed by atoms with Crippen LogP contribution in [0.2, 0.25) is 0 Å². The molecule has 4 aromatic rings. The minimum Gasteiger partial charge on any atom is -0.415 e. The quantitative estimate of drug-likeness (QED) is 0.543. The molecule has 0 aliphatic rings. The van der Waals surface area contributed by atoms with Crippen molar-refractivity contribution in [2.75, 3.05) is 0 Å². The Hall–Kier alpha value is -3.09. The van der Waals surface area contributed by atoms with Gasteiger partial charge in [-0.15, -0.1) is 10.2 Å². The molecule has 0 aliphatic heterocycles. The van der Waals surface area contributed by atoms with Crippen molar-refractivity contribution < 1.29 is 13.2 Å². The van der Waals surface area contributed by atoms with Crippen LogP contribution in [-0.4, -0.2) is 19.7 Å². The van der Waals surface area contributed by atoms with Crippen molar-refractivity contribution in [3.63, 3.8) is 0 Å². The maximum atomic E-state index is 12.5. The van der Waals surface area contributed by atoms with E-state index in [-0.39, 0.29) is 11.9 Å². The smallest absolute Gasteiger partial charge is 0.314 e. The molecule has 0 spiro atoms. The third-order valence-corrected chi connectivity index (χ3v) is 4.17. The summed E-state index contributed by atoms with van der Waals surface area (Å²) in [5.41, 5.74) is 3.65. The standard InChI is InChI=1S/C18H14F2N4O/c1-11(24-10-21-14-4-2-3-5-15(14)24)12-6-8-13(9-7-12)17-22-23-18(25-17)16(19)20/h2-11,16H,1H3. The van der Waals surface area contributed by atoms with Gasteiger partial charge in [0.15, 0.2) is 0 Å². The molecule has 4 rings (SSSR count). The first kappa shape index (κ1) is 15.4. The fourth-order valence-corrected chi connectivity index (χ4v) is 2.79. The Morgan fingerprint density at radius 2 is 1.76 bits per heavy atom. The molecule has 25 heavy (non-hydrogen) atoms. The van der Waals surface area contributed by atoms with E-state index < -0.39 is 12.3 Å². The van der Waals surface area contributed by atoms with Crippen LogP contribution in [0.3, 0.4) is 0 Å². The molecule has 0 saturated heterocycles. The Kier molecular flexibility index (Phi) is 3.76. The second kappa shape index (κ2) is 6.08. The highest BCUT2D eigenvalue weighted by molar-refractivity contribution is 5.75. The van der Waals surface area contributed by atoms with Gasteiger partial charge in [0.05, 0.1) is 23.4 Å². The number of halogens is 2. The van der Waals surface area contributed by atoms with Gasteiger partial charge in [0.2, 0.25) is 5.89 Å². The monoisotopic (exact) mass is 340 g/mol. The number of benzene rings is 2. The highest BCUT2D eigenvalue weighted by atomic mass is 19.3. The predicted molar refractivity (Wildman–Crippen MR) is 88.2 cm³/mol. The molecule has 1 atom stereocenters. The molecule has 0 N–H and O–H groups in total. The summed E-state index contributed by atoms with van der Waals surface area (Å²) in [7, 11) is 0. The zero-order chi connectivity index (χ0) is 17.4. The summed E-state index contributed by atoms with van der Waals surface area (Å²) in [5.74, 6) is -0.583. The molecule has 2 aromatic carbocycles. The largest absolute Gasteiger partial charge is 0.415 e. The Morgan fingerprint density at radius 3 is 2.48 bits per heavy atom. The molecule has 0 saturated carbocycles. The van der Waals surface area contributed by atoms with Gasteiger partial charge >= 0.3 is 6.43 Å². The van der Waals surface area contributed by atoms with Gasteiger partial charge in [0.1, 0.15) is 0 Å². The van der Waals surface area contributed by atoms with Crippen molar-refractivity contribution in [3.8, 4) is 11.5 Å². The number of nitrogens with zero attached hydrogens (tertiary/aromatic N) is 4. The SMILES string of the molecule is CC(c1ccc(-c2nnc(C(F)F)o2)cc1)n1cnc2ccccc21. The lowest BCUT2D eigenvalue weighted by Crippen LogP contribution is -2.05. The molecule has 0 amide bonds. The molecule has 0 aliphatic carbocycles. The van der Waals surface area contributed by atoms with Crippen molar-refractivity contribution in [1.29, 1.82) is 0 Å². The third kappa shape index (κ3) is 2.77. The van der Waals surface area contributed by atoms with Gasteiger partial charge in [-0.25, -0.2) is 4.98 Å². The minimum atomic E-state index is -2.77. The first-order valence-corrected chi connectivity index (χ1v) is 7.77. The molecule has 126 valence electrons. The molecule has 1 unspecified atom stereocenters. The summed E-state index contributed by atoms with van der Waals surface area (Å²) in [6.45, 7) is 2.07. The zero-order valence-corrected chi connectivity index (χ0v) is 13.3. The van der Waals surface area contributed by atoms with Crippen LogP contribution in [-0.2, 0) is 0 Å². The molecule has 2 heterocycles. The Morgan fingerprint density at radius 1 is 1.00 bits per heavy atom. The van der Waals surface area contributed by atoms with Crippen molar-refractivity contribution in [2.24, 2.45) is 0 Å². The van der Waals surface area contributed by atoms with E-state index in [0.29, 0.717) is 5.56 Å². The first-order valence-electron chi connectivity index (χ1n) is 7.77. The van der Waals surface area contributed by atoms with Crippen LogP contribution >= 0.6 is 0 Å². The number of imidazole rings is 1. The van der Waals surface area contributed by atoms with E-state index in [0.717, 1.165) is 16.6 Å². The molecular weight excluding hydrogens is 326 g/mol. The number of alkyl halides is 2. The number of para-hydroxylation sites is 2. The van der Waals surface area contributed by atoms with Gasteiger partial charge < -0.3 is 8.98 Å². The van der Waals surface area contributed by atoms with E-state index in [1.165, 1.54) is 0 Å². The predicted octanol–water partition coefficient (Wildman–Crippen LogP) is 4.63. The van der Waals surface area contributed by atoms with Crippen LogP contribution < -0.4 is 0 Å². The van der Waals surface area contributed by atoms with Gasteiger partial charge in [0.25, 0.3) is 5.89 Å². The van der Waals surface area contributed by atoms with E-state index in [1.807, 2.05) is 42.7 Å². The van der Waals surface area contributed by atoms with E-state index >= 15 is 0 Å². The second-order valence-corrected chi connectivity index (χ2v) is 5.68. The van der Waals surface area contributed by atoms with Crippen molar-refractivity contribution in [2.45, 2.75) is 19.4 Å². The van der Waals surface area contributed by atoms with Crippen LogP contribution in [0.5, 0.6) is 0 Å². The number of fused-ring (bicyclic) bond motifs is 1. The summed E-state index contributed by atoms with van der Waals surface area (Å²) < 4.78 is 32.2. The fraction of sp³-hybridized carbons (Fsp3) is 0.167. The number of hydrogen-bond acceptors (Lipinski definition) is 4. The van der Waals surface area contributed by atoms with Crippen molar-refractivity contribution >= 4 is 11.0 Å². The van der Waals surface area contributed by atoms with Gasteiger partial charge in [-0.05, 0) is 36.8 Å². The van der Waals surface area contributed by atoms with E-state index in [1.54, 1.807) is 12.1 Å². The average Bonchev–Trinajstić information content (AvgIpc) is 3.29. The zero-order valence-electron chi connectivity index (χ0n) is 13.3. The summed E-state index contributed by atoms with van der Waals surface area (Å²) in [4.78, 5) is 4.41. The number of rotatable bonds is 4. The lowest BCUT2D eigenvalue weighted by Gasteiger charge is -2.15. The first-order chi connectivity index (χ1) is 12.1. The van der Waals surface area contributed by atoms with Gasteiger partial charge in [-0.1, -0.05) is 24.3 Å². The van der Waals surface area contributed by atoms with Gasteiger partial charge in [-0.3, -0.25) is 0 Å². The normalized spacial score (nSPS) is 12.8. The molecule has 2 aromatic heterocycles. The molecule has 0 fully saturated rings. The lowest BCUT2D eigenvalue weighted by molar-refractivity contribution is 0.116. The maximum absolute atomic E-state index is 12.5. The molecule has 7 heteroatoms. The minimum absolute atomic E-state index is 0.0701. The van der Waals surface area contributed by atoms with Gasteiger partial charge in [0, 0.05) is 5.56 Å². The molecule has 0 bridgehead atoms. The summed E-state index contributed by atoms with van der Waals surface area (Å²) in [5, 5.41) is 7.01. The van der Waals surface area contributed by atoms with Crippen LogP contribution in [0.4, 0.5) is 8.78 Å². The summed E-state index contributed by atoms with van der Waals surface area (Å²) >= 11 is 0. The third-order valence-electron chi connectivity index (χ3n) is 4.17. The molecule has 5 nitrogen and oxygen atoms in total. The van der Waals surface area contributed by atoms with Crippen LogP contribution in [0.25, 0.3) is 22.5 Å². The van der Waals surface area contributed by atoms with Gasteiger partial charge in [-0.2, -0.15) is 8.78 Å². The topological polar surface area (TPSA) is 56.7 Å². The van der Waals surface area contributed by atoms with E-state index in [4.69, 9.17) is 4.42 Å². The fourth-order valence-electron chi connectivity index (χ4n) is 2.79. The van der Waals surface area contributed by atoms with Crippen molar-refractivity contribution in [3.05, 3.63) is 66.3 Å². The van der Waals surface area contributed by atoms with Crippen LogP contribution in [0, 0.1) is 0 Å².